The quantitative estimate of drug-likeness (QED) is 0.321. The fourth-order valence-electron chi connectivity index (χ4n) is 3.13. The van der Waals surface area contributed by atoms with Crippen LogP contribution in [0.2, 0.25) is 0 Å². The normalized spacial score (nSPS) is 11.0. The molecule has 5 nitrogen and oxygen atoms in total. The van der Waals surface area contributed by atoms with E-state index in [4.69, 9.17) is 9.72 Å². The van der Waals surface area contributed by atoms with Gasteiger partial charge in [-0.2, -0.15) is 0 Å². The topological polar surface area (TPSA) is 52.8 Å². The van der Waals surface area contributed by atoms with Crippen LogP contribution in [0.15, 0.2) is 59.1 Å². The summed E-state index contributed by atoms with van der Waals surface area (Å²) in [4.78, 5) is 4.80. The minimum atomic E-state index is 0.403. The Morgan fingerprint density at radius 3 is 2.73 bits per heavy atom. The zero-order chi connectivity index (χ0) is 20.9. The molecular formula is C23H24N4OS2. The molecule has 4 rings (SSSR count). The summed E-state index contributed by atoms with van der Waals surface area (Å²) in [7, 11) is 0. The first kappa shape index (κ1) is 20.6. The van der Waals surface area contributed by atoms with E-state index in [0.29, 0.717) is 6.61 Å². The third kappa shape index (κ3) is 4.74. The predicted octanol–water partition coefficient (Wildman–Crippen LogP) is 5.91. The van der Waals surface area contributed by atoms with Crippen LogP contribution in [-0.4, -0.2) is 19.7 Å². The largest absolute Gasteiger partial charge is 0.485 e. The number of aryl methyl sites for hydroxylation is 2. The summed E-state index contributed by atoms with van der Waals surface area (Å²) >= 11 is 3.34. The molecule has 154 valence electrons. The fraction of sp³-hybridized carbons (Fsp3) is 0.261. The minimum absolute atomic E-state index is 0.403. The molecule has 2 aromatic heterocycles. The van der Waals surface area contributed by atoms with Gasteiger partial charge in [-0.1, -0.05) is 53.7 Å². The molecule has 7 heteroatoms. The van der Waals surface area contributed by atoms with Crippen LogP contribution in [0.4, 0.5) is 0 Å². The van der Waals surface area contributed by atoms with Gasteiger partial charge in [-0.05, 0) is 38.5 Å². The van der Waals surface area contributed by atoms with E-state index in [-0.39, 0.29) is 0 Å². The first-order valence-electron chi connectivity index (χ1n) is 9.88. The van der Waals surface area contributed by atoms with Crippen LogP contribution in [0, 0.1) is 13.8 Å². The number of ether oxygens (including phenoxy) is 1. The van der Waals surface area contributed by atoms with Gasteiger partial charge in [0.2, 0.25) is 0 Å². The van der Waals surface area contributed by atoms with E-state index in [0.717, 1.165) is 45.3 Å². The molecule has 0 saturated carbocycles. The highest BCUT2D eigenvalue weighted by Crippen LogP contribution is 2.28. The molecule has 4 aromatic rings. The number of benzene rings is 2. The van der Waals surface area contributed by atoms with Crippen molar-refractivity contribution in [2.75, 3.05) is 0 Å². The Labute approximate surface area is 185 Å². The Hall–Kier alpha value is -2.64. The first-order valence-corrected chi connectivity index (χ1v) is 11.8. The number of aromatic nitrogens is 4. The molecule has 0 aliphatic heterocycles. The Balaban J connectivity index is 1.41. The summed E-state index contributed by atoms with van der Waals surface area (Å²) < 4.78 is 8.07. The maximum absolute atomic E-state index is 5.96. The molecule has 0 unspecified atom stereocenters. The van der Waals surface area contributed by atoms with Gasteiger partial charge in [-0.15, -0.1) is 21.5 Å². The lowest BCUT2D eigenvalue weighted by molar-refractivity contribution is 0.286. The van der Waals surface area contributed by atoms with Crippen molar-refractivity contribution in [1.82, 2.24) is 19.7 Å². The van der Waals surface area contributed by atoms with Gasteiger partial charge in [-0.25, -0.2) is 4.98 Å². The summed E-state index contributed by atoms with van der Waals surface area (Å²) in [6.07, 6.45) is 0. The molecule has 0 bridgehead atoms. The number of thioether (sulfide) groups is 1. The summed E-state index contributed by atoms with van der Waals surface area (Å²) in [6.45, 7) is 7.45. The van der Waals surface area contributed by atoms with Gasteiger partial charge in [0.25, 0.3) is 0 Å². The van der Waals surface area contributed by atoms with Gasteiger partial charge in [-0.3, -0.25) is 0 Å². The van der Waals surface area contributed by atoms with E-state index >= 15 is 0 Å². The second-order valence-electron chi connectivity index (χ2n) is 7.00. The van der Waals surface area contributed by atoms with Crippen LogP contribution in [-0.2, 0) is 18.9 Å². The van der Waals surface area contributed by atoms with Crippen molar-refractivity contribution >= 4 is 23.1 Å². The smallest absolute Gasteiger partial charge is 0.191 e. The third-order valence-electron chi connectivity index (χ3n) is 4.73. The summed E-state index contributed by atoms with van der Waals surface area (Å²) in [5, 5.41) is 12.8. The van der Waals surface area contributed by atoms with Crippen molar-refractivity contribution in [2.24, 2.45) is 0 Å². The van der Waals surface area contributed by atoms with E-state index in [1.54, 1.807) is 23.1 Å². The monoisotopic (exact) mass is 436 g/mol. The Bertz CT molecular complexity index is 1140. The van der Waals surface area contributed by atoms with E-state index in [2.05, 4.69) is 58.3 Å². The maximum atomic E-state index is 5.96. The predicted molar refractivity (Wildman–Crippen MR) is 123 cm³/mol. The molecular weight excluding hydrogens is 412 g/mol. The molecule has 0 amide bonds. The minimum Gasteiger partial charge on any atom is -0.485 e. The summed E-state index contributed by atoms with van der Waals surface area (Å²) in [6, 6.07) is 16.5. The van der Waals surface area contributed by atoms with Crippen molar-refractivity contribution in [1.29, 1.82) is 0 Å². The highest BCUT2D eigenvalue weighted by atomic mass is 32.2. The first-order chi connectivity index (χ1) is 14.6. The number of thiazole rings is 1. The van der Waals surface area contributed by atoms with E-state index in [9.17, 15) is 0 Å². The zero-order valence-corrected chi connectivity index (χ0v) is 19.0. The summed E-state index contributed by atoms with van der Waals surface area (Å²) in [5.41, 5.74) is 4.59. The van der Waals surface area contributed by atoms with Crippen molar-refractivity contribution < 1.29 is 4.74 Å². The molecule has 0 radical (unpaired) electrons. The Morgan fingerprint density at radius 1 is 1.07 bits per heavy atom. The highest BCUT2D eigenvalue weighted by molar-refractivity contribution is 7.98. The number of para-hydroxylation sites is 1. The third-order valence-corrected chi connectivity index (χ3v) is 6.67. The highest BCUT2D eigenvalue weighted by Gasteiger charge is 2.14. The van der Waals surface area contributed by atoms with Crippen molar-refractivity contribution in [2.45, 2.75) is 44.8 Å². The van der Waals surface area contributed by atoms with Crippen molar-refractivity contribution in [3.05, 3.63) is 76.6 Å². The van der Waals surface area contributed by atoms with Crippen LogP contribution in [0.5, 0.6) is 5.75 Å². The van der Waals surface area contributed by atoms with Crippen LogP contribution < -0.4 is 4.74 Å². The average molecular weight is 437 g/mol. The lowest BCUT2D eigenvalue weighted by Crippen LogP contribution is -2.07. The SMILES string of the molecule is CCn1c(COc2ccccc2C)nnc1SCc1csc(-c2cccc(C)c2)n1. The van der Waals surface area contributed by atoms with Gasteiger partial charge < -0.3 is 9.30 Å². The average Bonchev–Trinajstić information content (AvgIpc) is 3.38. The van der Waals surface area contributed by atoms with E-state index in [1.807, 2.05) is 31.2 Å². The van der Waals surface area contributed by atoms with Crippen molar-refractivity contribution in [3.8, 4) is 16.3 Å². The molecule has 0 spiro atoms. The lowest BCUT2D eigenvalue weighted by Gasteiger charge is -2.10. The van der Waals surface area contributed by atoms with Crippen LogP contribution in [0.1, 0.15) is 29.6 Å². The fourth-order valence-corrected chi connectivity index (χ4v) is 4.97. The number of nitrogens with zero attached hydrogens (tertiary/aromatic N) is 4. The van der Waals surface area contributed by atoms with Gasteiger partial charge in [0.1, 0.15) is 17.4 Å². The molecule has 0 aliphatic rings. The van der Waals surface area contributed by atoms with E-state index < -0.39 is 0 Å². The molecule has 0 saturated heterocycles. The van der Waals surface area contributed by atoms with Gasteiger partial charge in [0, 0.05) is 23.2 Å². The van der Waals surface area contributed by atoms with Crippen LogP contribution in [0.3, 0.4) is 0 Å². The lowest BCUT2D eigenvalue weighted by atomic mass is 10.1. The molecule has 0 fully saturated rings. The van der Waals surface area contributed by atoms with Gasteiger partial charge >= 0.3 is 0 Å². The molecule has 2 heterocycles. The zero-order valence-electron chi connectivity index (χ0n) is 17.3. The second-order valence-corrected chi connectivity index (χ2v) is 8.80. The molecule has 0 N–H and O–H groups in total. The molecule has 0 aliphatic carbocycles. The molecule has 2 aromatic carbocycles. The van der Waals surface area contributed by atoms with Crippen molar-refractivity contribution in [3.63, 3.8) is 0 Å². The standard InChI is InChI=1S/C23H24N4OS2/c1-4-27-21(13-28-20-11-6-5-9-17(20)3)25-26-23(27)30-15-19-14-29-22(24-19)18-10-7-8-16(2)12-18/h5-12,14H,4,13,15H2,1-3H3. The number of hydrogen-bond acceptors (Lipinski definition) is 6. The van der Waals surface area contributed by atoms with Gasteiger partial charge in [0.15, 0.2) is 11.0 Å². The number of rotatable bonds is 8. The summed E-state index contributed by atoms with van der Waals surface area (Å²) in [5.74, 6) is 2.48. The van der Waals surface area contributed by atoms with Gasteiger partial charge in [0.05, 0.1) is 5.69 Å². The molecule has 0 atom stereocenters. The second kappa shape index (κ2) is 9.45. The van der Waals surface area contributed by atoms with Crippen LogP contribution in [0.25, 0.3) is 10.6 Å². The van der Waals surface area contributed by atoms with Crippen LogP contribution >= 0.6 is 23.1 Å². The number of hydrogen-bond donors (Lipinski definition) is 0. The maximum Gasteiger partial charge on any atom is 0.191 e. The van der Waals surface area contributed by atoms with E-state index in [1.165, 1.54) is 11.1 Å². The molecule has 30 heavy (non-hydrogen) atoms. The Morgan fingerprint density at radius 2 is 1.93 bits per heavy atom. The Kier molecular flexibility index (Phi) is 6.50.